The summed E-state index contributed by atoms with van der Waals surface area (Å²) in [4.78, 5) is 10.1. The van der Waals surface area contributed by atoms with Gasteiger partial charge in [-0.2, -0.15) is 5.26 Å². The molecule has 0 saturated carbocycles. The highest BCUT2D eigenvalue weighted by atomic mass is 15.1. The highest BCUT2D eigenvalue weighted by molar-refractivity contribution is 6.25. The third-order valence-electron chi connectivity index (χ3n) is 10.00. The average Bonchev–Trinajstić information content (AvgIpc) is 3.74. The van der Waals surface area contributed by atoms with Gasteiger partial charge < -0.3 is 4.57 Å². The van der Waals surface area contributed by atoms with E-state index in [9.17, 15) is 5.26 Å². The van der Waals surface area contributed by atoms with Crippen molar-refractivity contribution in [1.29, 1.82) is 5.26 Å². The van der Waals surface area contributed by atoms with Gasteiger partial charge in [-0.3, -0.25) is 4.57 Å². The molecular formula is C47H29N5. The summed E-state index contributed by atoms with van der Waals surface area (Å²) >= 11 is 0. The number of hydrogen-bond donors (Lipinski definition) is 0. The quantitative estimate of drug-likeness (QED) is 0.184. The van der Waals surface area contributed by atoms with Gasteiger partial charge in [0.25, 0.3) is 0 Å². The summed E-state index contributed by atoms with van der Waals surface area (Å²) in [7, 11) is 0. The molecule has 0 aliphatic heterocycles. The molecule has 0 spiro atoms. The zero-order valence-corrected chi connectivity index (χ0v) is 28.0. The monoisotopic (exact) mass is 663 g/mol. The van der Waals surface area contributed by atoms with Gasteiger partial charge in [-0.1, -0.05) is 103 Å². The van der Waals surface area contributed by atoms with Gasteiger partial charge in [-0.05, 0) is 72.3 Å². The van der Waals surface area contributed by atoms with Crippen molar-refractivity contribution in [2.75, 3.05) is 0 Å². The SMILES string of the molecule is N#Cc1ccc(-n2c3ncccc3c3ccc4c(c5ccccc5n4-c4ccccc4)c32)cc1-c1cc(-c2ccccc2)nc(-c2ccccc2)c1. The summed E-state index contributed by atoms with van der Waals surface area (Å²) in [5, 5.41) is 15.0. The van der Waals surface area contributed by atoms with Crippen LogP contribution in [0.4, 0.5) is 0 Å². The van der Waals surface area contributed by atoms with Gasteiger partial charge in [0.05, 0.1) is 39.6 Å². The van der Waals surface area contributed by atoms with E-state index in [0.717, 1.165) is 83.4 Å². The zero-order valence-electron chi connectivity index (χ0n) is 28.0. The number of pyridine rings is 2. The van der Waals surface area contributed by atoms with E-state index in [1.165, 1.54) is 5.39 Å². The van der Waals surface area contributed by atoms with Gasteiger partial charge in [-0.25, -0.2) is 9.97 Å². The van der Waals surface area contributed by atoms with Crippen LogP contribution in [0.5, 0.6) is 0 Å². The molecule has 0 bridgehead atoms. The molecule has 6 aromatic carbocycles. The Balaban J connectivity index is 1.28. The minimum Gasteiger partial charge on any atom is -0.309 e. The second kappa shape index (κ2) is 11.9. The second-order valence-corrected chi connectivity index (χ2v) is 13.0. The molecule has 0 saturated heterocycles. The van der Waals surface area contributed by atoms with Crippen LogP contribution in [0.25, 0.3) is 88.8 Å². The van der Waals surface area contributed by atoms with Crippen LogP contribution in [0.3, 0.4) is 0 Å². The molecular weight excluding hydrogens is 635 g/mol. The molecule has 5 heteroatoms. The van der Waals surface area contributed by atoms with Crippen molar-refractivity contribution in [3.05, 3.63) is 182 Å². The van der Waals surface area contributed by atoms with Crippen molar-refractivity contribution in [2.24, 2.45) is 0 Å². The van der Waals surface area contributed by atoms with Crippen molar-refractivity contribution >= 4 is 43.7 Å². The van der Waals surface area contributed by atoms with Crippen LogP contribution >= 0.6 is 0 Å². The molecule has 242 valence electrons. The van der Waals surface area contributed by atoms with Gasteiger partial charge in [0.2, 0.25) is 0 Å². The van der Waals surface area contributed by atoms with Crippen LogP contribution in [-0.2, 0) is 0 Å². The number of para-hydroxylation sites is 2. The molecule has 4 aromatic heterocycles. The van der Waals surface area contributed by atoms with Crippen molar-refractivity contribution in [1.82, 2.24) is 19.1 Å². The van der Waals surface area contributed by atoms with Gasteiger partial charge in [0.1, 0.15) is 5.65 Å². The Morgan fingerprint density at radius 1 is 0.481 bits per heavy atom. The smallest absolute Gasteiger partial charge is 0.145 e. The maximum absolute atomic E-state index is 10.5. The third kappa shape index (κ3) is 4.63. The predicted molar refractivity (Wildman–Crippen MR) is 212 cm³/mol. The maximum atomic E-state index is 10.5. The van der Waals surface area contributed by atoms with Crippen LogP contribution in [0, 0.1) is 11.3 Å². The number of nitrogens with zero attached hydrogens (tertiary/aromatic N) is 5. The molecule has 0 atom stereocenters. The van der Waals surface area contributed by atoms with Crippen LogP contribution < -0.4 is 0 Å². The van der Waals surface area contributed by atoms with Crippen LogP contribution in [0.2, 0.25) is 0 Å². The van der Waals surface area contributed by atoms with Gasteiger partial charge in [0, 0.05) is 55.8 Å². The number of rotatable bonds is 5. The van der Waals surface area contributed by atoms with E-state index in [4.69, 9.17) is 9.97 Å². The van der Waals surface area contributed by atoms with E-state index in [2.05, 4.69) is 130 Å². The Labute approximate surface area is 299 Å². The van der Waals surface area contributed by atoms with Crippen LogP contribution in [0.1, 0.15) is 5.56 Å². The fourth-order valence-electron chi connectivity index (χ4n) is 7.70. The minimum absolute atomic E-state index is 0.590. The molecule has 0 radical (unpaired) electrons. The van der Waals surface area contributed by atoms with E-state index < -0.39 is 0 Å². The lowest BCUT2D eigenvalue weighted by Gasteiger charge is -2.14. The molecule has 0 amide bonds. The molecule has 5 nitrogen and oxygen atoms in total. The first kappa shape index (κ1) is 29.6. The zero-order chi connectivity index (χ0) is 34.6. The van der Waals surface area contributed by atoms with E-state index >= 15 is 0 Å². The van der Waals surface area contributed by atoms with E-state index in [1.807, 2.05) is 60.8 Å². The lowest BCUT2D eigenvalue weighted by atomic mass is 9.96. The molecule has 0 aliphatic carbocycles. The normalized spacial score (nSPS) is 11.4. The minimum atomic E-state index is 0.590. The van der Waals surface area contributed by atoms with Gasteiger partial charge >= 0.3 is 0 Å². The van der Waals surface area contributed by atoms with E-state index in [-0.39, 0.29) is 0 Å². The Kier molecular flexibility index (Phi) is 6.80. The van der Waals surface area contributed by atoms with Crippen molar-refractivity contribution in [2.45, 2.75) is 0 Å². The van der Waals surface area contributed by atoms with Crippen LogP contribution in [-0.4, -0.2) is 19.1 Å². The van der Waals surface area contributed by atoms with E-state index in [0.29, 0.717) is 5.56 Å². The third-order valence-corrected chi connectivity index (χ3v) is 10.00. The molecule has 10 rings (SSSR count). The van der Waals surface area contributed by atoms with E-state index in [1.54, 1.807) is 0 Å². The standard InChI is InChI=1S/C47H29N5/c48-30-33-22-23-36(29-40(33)34-27-41(31-13-4-1-5-14-31)50-42(28-34)32-15-6-2-7-16-32)52-46-37(38-20-12-26-49-47(38)52)24-25-44-45(46)39-19-10-11-21-43(39)51(44)35-17-8-3-9-18-35/h1-29H. The number of nitriles is 1. The first-order chi connectivity index (χ1) is 25.8. The van der Waals surface area contributed by atoms with Crippen LogP contribution in [0.15, 0.2) is 176 Å². The Hall–Kier alpha value is -7.29. The predicted octanol–water partition coefficient (Wildman–Crippen LogP) is 11.5. The Morgan fingerprint density at radius 3 is 1.85 bits per heavy atom. The lowest BCUT2D eigenvalue weighted by Crippen LogP contribution is -1.99. The fourth-order valence-corrected chi connectivity index (χ4v) is 7.70. The summed E-state index contributed by atoms with van der Waals surface area (Å²) in [6, 6.07) is 61.0. The number of benzene rings is 6. The molecule has 0 N–H and O–H groups in total. The van der Waals surface area contributed by atoms with Crippen molar-refractivity contribution in [3.8, 4) is 51.1 Å². The van der Waals surface area contributed by atoms with Crippen molar-refractivity contribution in [3.63, 3.8) is 0 Å². The second-order valence-electron chi connectivity index (χ2n) is 13.0. The summed E-state index contributed by atoms with van der Waals surface area (Å²) in [5.74, 6) is 0. The first-order valence-corrected chi connectivity index (χ1v) is 17.3. The summed E-state index contributed by atoms with van der Waals surface area (Å²) in [5.41, 5.74) is 12.3. The van der Waals surface area contributed by atoms with Gasteiger partial charge in [0.15, 0.2) is 0 Å². The lowest BCUT2D eigenvalue weighted by molar-refractivity contribution is 1.14. The molecule has 52 heavy (non-hydrogen) atoms. The molecule has 0 aliphatic rings. The molecule has 10 aromatic rings. The molecule has 0 fully saturated rings. The number of hydrogen-bond acceptors (Lipinski definition) is 3. The maximum Gasteiger partial charge on any atom is 0.145 e. The first-order valence-electron chi connectivity index (χ1n) is 17.3. The summed E-state index contributed by atoms with van der Waals surface area (Å²) < 4.78 is 4.62. The number of fused-ring (bicyclic) bond motifs is 7. The summed E-state index contributed by atoms with van der Waals surface area (Å²) in [6.07, 6.45) is 1.86. The highest BCUT2D eigenvalue weighted by Gasteiger charge is 2.22. The number of aromatic nitrogens is 4. The fraction of sp³-hybridized carbons (Fsp3) is 0. The summed E-state index contributed by atoms with van der Waals surface area (Å²) in [6.45, 7) is 0. The average molecular weight is 664 g/mol. The molecule has 0 unspecified atom stereocenters. The Morgan fingerprint density at radius 2 is 1.13 bits per heavy atom. The largest absolute Gasteiger partial charge is 0.309 e. The van der Waals surface area contributed by atoms with Gasteiger partial charge in [-0.15, -0.1) is 0 Å². The topological polar surface area (TPSA) is 59.4 Å². The Bertz CT molecular complexity index is 2950. The molecule has 4 heterocycles. The van der Waals surface area contributed by atoms with Crippen molar-refractivity contribution < 1.29 is 0 Å². The highest BCUT2D eigenvalue weighted by Crippen LogP contribution is 2.42.